The topological polar surface area (TPSA) is 92.7 Å². The summed E-state index contributed by atoms with van der Waals surface area (Å²) in [5.74, 6) is -1.89. The lowest BCUT2D eigenvalue weighted by molar-refractivity contribution is -0.136. The van der Waals surface area contributed by atoms with Crippen LogP contribution in [0.4, 0.5) is 0 Å². The maximum Gasteiger partial charge on any atom is 0.318 e. The molecule has 0 aliphatic heterocycles. The number of rotatable bonds is 7. The first-order valence-corrected chi connectivity index (χ1v) is 5.73. The minimum absolute atomic E-state index is 0.294. The van der Waals surface area contributed by atoms with Crippen molar-refractivity contribution in [3.05, 3.63) is 0 Å². The van der Waals surface area contributed by atoms with E-state index < -0.39 is 27.9 Å². The molecular formula is C8H15NO5S. The Balaban J connectivity index is 3.86. The van der Waals surface area contributed by atoms with Crippen molar-refractivity contribution in [2.45, 2.75) is 12.2 Å². The summed E-state index contributed by atoms with van der Waals surface area (Å²) in [6, 6.07) is 0. The van der Waals surface area contributed by atoms with Crippen LogP contribution in [-0.2, 0) is 25.1 Å². The molecule has 2 unspecified atom stereocenters. The first kappa shape index (κ1) is 14.1. The molecule has 0 fully saturated rings. The number of carbonyl (C=O) groups is 2. The molecule has 0 rings (SSSR count). The largest absolute Gasteiger partial charge is 0.480 e. The molecule has 0 radical (unpaired) electrons. The highest BCUT2D eigenvalue weighted by molar-refractivity contribution is 7.87. The van der Waals surface area contributed by atoms with Crippen molar-refractivity contribution < 1.29 is 23.6 Å². The summed E-state index contributed by atoms with van der Waals surface area (Å²) in [6.45, 7) is 2.00. The van der Waals surface area contributed by atoms with Crippen molar-refractivity contribution in [1.29, 1.82) is 0 Å². The van der Waals surface area contributed by atoms with Crippen LogP contribution in [0.2, 0.25) is 0 Å². The molecule has 0 aromatic rings. The molecule has 0 spiro atoms. The lowest BCUT2D eigenvalue weighted by Crippen LogP contribution is -2.34. The predicted octanol–water partition coefficient (Wildman–Crippen LogP) is -1.03. The van der Waals surface area contributed by atoms with E-state index in [1.54, 1.807) is 0 Å². The Bertz CT molecular complexity index is 255. The predicted molar refractivity (Wildman–Crippen MR) is 55.0 cm³/mol. The third-order valence-electron chi connectivity index (χ3n) is 1.64. The fourth-order valence-corrected chi connectivity index (χ4v) is 1.55. The Morgan fingerprint density at radius 1 is 1.53 bits per heavy atom. The highest BCUT2D eigenvalue weighted by Gasteiger charge is 2.20. The molecular weight excluding hydrogens is 222 g/mol. The molecule has 0 heterocycles. The van der Waals surface area contributed by atoms with Gasteiger partial charge in [-0.25, -0.2) is 0 Å². The van der Waals surface area contributed by atoms with Crippen LogP contribution in [0.15, 0.2) is 0 Å². The van der Waals surface area contributed by atoms with E-state index in [-0.39, 0.29) is 5.75 Å². The van der Waals surface area contributed by atoms with Gasteiger partial charge in [-0.05, 0) is 6.92 Å². The van der Waals surface area contributed by atoms with E-state index in [2.05, 4.69) is 5.32 Å². The van der Waals surface area contributed by atoms with E-state index in [1.165, 1.54) is 14.0 Å². The maximum absolute atomic E-state index is 11.3. The monoisotopic (exact) mass is 237 g/mol. The number of carbonyl (C=O) groups excluding carboxylic acids is 1. The van der Waals surface area contributed by atoms with Gasteiger partial charge in [0.15, 0.2) is 0 Å². The molecule has 0 aliphatic rings. The average molecular weight is 237 g/mol. The van der Waals surface area contributed by atoms with Crippen molar-refractivity contribution in [2.24, 2.45) is 0 Å². The smallest absolute Gasteiger partial charge is 0.318 e. The van der Waals surface area contributed by atoms with Crippen molar-refractivity contribution in [1.82, 2.24) is 5.32 Å². The molecule has 0 saturated heterocycles. The summed E-state index contributed by atoms with van der Waals surface area (Å²) in [5.41, 5.74) is 0. The van der Waals surface area contributed by atoms with Crippen LogP contribution >= 0.6 is 0 Å². The second-order valence-corrected chi connectivity index (χ2v) is 4.61. The highest BCUT2D eigenvalue weighted by atomic mass is 32.2. The Morgan fingerprint density at radius 3 is 2.60 bits per heavy atom. The van der Waals surface area contributed by atoms with Gasteiger partial charge in [0.25, 0.3) is 0 Å². The van der Waals surface area contributed by atoms with Gasteiger partial charge in [-0.3, -0.25) is 13.8 Å². The zero-order valence-corrected chi connectivity index (χ0v) is 9.50. The van der Waals surface area contributed by atoms with Crippen molar-refractivity contribution >= 4 is 22.7 Å². The van der Waals surface area contributed by atoms with Crippen molar-refractivity contribution in [3.8, 4) is 0 Å². The first-order valence-electron chi connectivity index (χ1n) is 4.34. The van der Waals surface area contributed by atoms with Gasteiger partial charge in [-0.2, -0.15) is 0 Å². The summed E-state index contributed by atoms with van der Waals surface area (Å²) >= 11 is 0. The summed E-state index contributed by atoms with van der Waals surface area (Å²) in [7, 11) is -0.186. The Labute approximate surface area is 90.4 Å². The van der Waals surface area contributed by atoms with Gasteiger partial charge in [-0.15, -0.1) is 0 Å². The molecule has 0 aromatic carbocycles. The van der Waals surface area contributed by atoms with Gasteiger partial charge in [0.2, 0.25) is 5.91 Å². The maximum atomic E-state index is 11.3. The molecule has 0 aliphatic carbocycles. The van der Waals surface area contributed by atoms with Crippen LogP contribution < -0.4 is 5.32 Å². The number of ether oxygens (including phenoxy) is 1. The SMILES string of the molecule is COCCNC(=O)CS(=O)C(C)C(=O)O. The lowest BCUT2D eigenvalue weighted by atomic mass is 10.5. The van der Waals surface area contributed by atoms with E-state index in [0.29, 0.717) is 13.2 Å². The quantitative estimate of drug-likeness (QED) is 0.552. The molecule has 6 nitrogen and oxygen atoms in total. The number of hydrogen-bond acceptors (Lipinski definition) is 4. The summed E-state index contributed by atoms with van der Waals surface area (Å²) < 4.78 is 16.0. The third kappa shape index (κ3) is 6.19. The summed E-state index contributed by atoms with van der Waals surface area (Å²) in [5, 5.41) is 9.96. The van der Waals surface area contributed by atoms with E-state index in [4.69, 9.17) is 9.84 Å². The number of amides is 1. The standard InChI is InChI=1S/C8H15NO5S/c1-6(8(11)12)15(13)5-7(10)9-3-4-14-2/h6H,3-5H2,1-2H3,(H,9,10)(H,11,12). The van der Waals surface area contributed by atoms with Gasteiger partial charge in [0.05, 0.1) is 6.61 Å². The molecule has 88 valence electrons. The second-order valence-electron chi connectivity index (χ2n) is 2.85. The van der Waals surface area contributed by atoms with Crippen molar-refractivity contribution in [3.63, 3.8) is 0 Å². The zero-order valence-electron chi connectivity index (χ0n) is 8.69. The molecule has 2 N–H and O–H groups in total. The Kier molecular flexibility index (Phi) is 6.89. The number of carboxylic acid groups (broad SMARTS) is 1. The van der Waals surface area contributed by atoms with Gasteiger partial charge < -0.3 is 15.2 Å². The van der Waals surface area contributed by atoms with Crippen LogP contribution in [0.1, 0.15) is 6.92 Å². The first-order chi connectivity index (χ1) is 6.99. The molecule has 7 heteroatoms. The van der Waals surface area contributed by atoms with E-state index >= 15 is 0 Å². The number of aliphatic carboxylic acids is 1. The van der Waals surface area contributed by atoms with Crippen molar-refractivity contribution in [2.75, 3.05) is 26.0 Å². The molecule has 0 saturated carbocycles. The number of hydrogen-bond donors (Lipinski definition) is 2. The van der Waals surface area contributed by atoms with Crippen LogP contribution in [0, 0.1) is 0 Å². The van der Waals surface area contributed by atoms with Crippen LogP contribution in [0.3, 0.4) is 0 Å². The number of carboxylic acids is 1. The lowest BCUT2D eigenvalue weighted by Gasteiger charge is -2.07. The second kappa shape index (κ2) is 7.36. The normalized spacial score (nSPS) is 14.3. The summed E-state index contributed by atoms with van der Waals surface area (Å²) in [4.78, 5) is 21.5. The minimum Gasteiger partial charge on any atom is -0.480 e. The summed E-state index contributed by atoms with van der Waals surface area (Å²) in [6.07, 6.45) is 0. The molecule has 0 aromatic heterocycles. The number of nitrogens with one attached hydrogen (secondary N) is 1. The Morgan fingerprint density at radius 2 is 2.13 bits per heavy atom. The molecule has 15 heavy (non-hydrogen) atoms. The fourth-order valence-electron chi connectivity index (χ4n) is 0.710. The van der Waals surface area contributed by atoms with Crippen LogP contribution in [0.5, 0.6) is 0 Å². The van der Waals surface area contributed by atoms with Crippen LogP contribution in [0.25, 0.3) is 0 Å². The fraction of sp³-hybridized carbons (Fsp3) is 0.750. The Hall–Kier alpha value is -0.950. The third-order valence-corrected chi connectivity index (χ3v) is 3.18. The van der Waals surface area contributed by atoms with Gasteiger partial charge in [0.1, 0.15) is 11.0 Å². The van der Waals surface area contributed by atoms with Crippen LogP contribution in [-0.4, -0.2) is 52.5 Å². The van der Waals surface area contributed by atoms with Gasteiger partial charge in [-0.1, -0.05) is 0 Å². The minimum atomic E-state index is -1.68. The molecule has 0 bridgehead atoms. The zero-order chi connectivity index (χ0) is 11.8. The number of methoxy groups -OCH3 is 1. The average Bonchev–Trinajstić information content (AvgIpc) is 2.16. The molecule has 1 amide bonds. The van der Waals surface area contributed by atoms with Gasteiger partial charge >= 0.3 is 5.97 Å². The van der Waals surface area contributed by atoms with E-state index in [9.17, 15) is 13.8 Å². The van der Waals surface area contributed by atoms with E-state index in [0.717, 1.165) is 0 Å². The van der Waals surface area contributed by atoms with Gasteiger partial charge in [0, 0.05) is 24.5 Å². The molecule has 2 atom stereocenters. The van der Waals surface area contributed by atoms with E-state index in [1.807, 2.05) is 0 Å². The highest BCUT2D eigenvalue weighted by Crippen LogP contribution is 1.95.